The number of carbonyl (C=O) groups is 1. The third-order valence-corrected chi connectivity index (χ3v) is 2.45. The molecule has 3 nitrogen and oxygen atoms in total. The van der Waals surface area contributed by atoms with E-state index >= 15 is 0 Å². The second-order valence-electron chi connectivity index (χ2n) is 2.35. The predicted molar refractivity (Wildman–Crippen MR) is 45.5 cm³/mol. The Morgan fingerprint density at radius 2 is 2.64 bits per heavy atom. The largest absolute Gasteiger partial charge is 0.465 e. The third kappa shape index (κ3) is 2.71. The van der Waals surface area contributed by atoms with Crippen LogP contribution in [0.5, 0.6) is 0 Å². The van der Waals surface area contributed by atoms with Gasteiger partial charge in [0.05, 0.1) is 6.61 Å². The van der Waals surface area contributed by atoms with Crippen LogP contribution in [0, 0.1) is 0 Å². The highest BCUT2D eigenvalue weighted by Gasteiger charge is 2.21. The van der Waals surface area contributed by atoms with Crippen molar-refractivity contribution in [2.45, 2.75) is 19.4 Å². The first-order valence-electron chi connectivity index (χ1n) is 3.82. The van der Waals surface area contributed by atoms with Crippen molar-refractivity contribution in [2.75, 3.05) is 18.2 Å². The molecule has 64 valence electrons. The number of esters is 1. The molecule has 0 radical (unpaired) electrons. The van der Waals surface area contributed by atoms with Gasteiger partial charge in [0.15, 0.2) is 0 Å². The normalized spacial score (nSPS) is 24.6. The van der Waals surface area contributed by atoms with Gasteiger partial charge >= 0.3 is 5.97 Å². The zero-order chi connectivity index (χ0) is 8.10. The molecule has 0 aromatic heterocycles. The van der Waals surface area contributed by atoms with E-state index in [1.54, 1.807) is 0 Å². The van der Waals surface area contributed by atoms with Gasteiger partial charge in [0.2, 0.25) is 0 Å². The van der Waals surface area contributed by atoms with E-state index in [1.165, 1.54) is 0 Å². The Morgan fingerprint density at radius 1 is 1.82 bits per heavy atom. The summed E-state index contributed by atoms with van der Waals surface area (Å²) in [7, 11) is 0. The molecule has 1 N–H and O–H groups in total. The summed E-state index contributed by atoms with van der Waals surface area (Å²) in [6.07, 6.45) is 0.892. The molecule has 0 aliphatic carbocycles. The van der Waals surface area contributed by atoms with E-state index in [4.69, 9.17) is 4.74 Å². The third-order valence-electron chi connectivity index (χ3n) is 1.55. The smallest absolute Gasteiger partial charge is 0.323 e. The summed E-state index contributed by atoms with van der Waals surface area (Å²) < 4.78 is 4.87. The van der Waals surface area contributed by atoms with Crippen LogP contribution in [0.3, 0.4) is 0 Å². The van der Waals surface area contributed by atoms with Gasteiger partial charge in [-0.05, 0) is 19.1 Å². The first kappa shape index (κ1) is 8.87. The highest BCUT2D eigenvalue weighted by atomic mass is 32.2. The van der Waals surface area contributed by atoms with Gasteiger partial charge in [-0.25, -0.2) is 0 Å². The Morgan fingerprint density at radius 3 is 3.18 bits per heavy atom. The lowest BCUT2D eigenvalue weighted by atomic mass is 10.2. The van der Waals surface area contributed by atoms with E-state index in [-0.39, 0.29) is 12.0 Å². The van der Waals surface area contributed by atoms with Gasteiger partial charge in [0, 0.05) is 5.88 Å². The highest BCUT2D eigenvalue weighted by Crippen LogP contribution is 2.11. The van der Waals surface area contributed by atoms with E-state index in [0.717, 1.165) is 18.1 Å². The van der Waals surface area contributed by atoms with Crippen molar-refractivity contribution >= 4 is 17.7 Å². The maximum Gasteiger partial charge on any atom is 0.323 e. The van der Waals surface area contributed by atoms with Gasteiger partial charge < -0.3 is 4.74 Å². The van der Waals surface area contributed by atoms with Gasteiger partial charge in [0.1, 0.15) is 6.04 Å². The fourth-order valence-corrected chi connectivity index (χ4v) is 1.84. The number of hydrogen-bond acceptors (Lipinski definition) is 4. The molecule has 1 aliphatic heterocycles. The van der Waals surface area contributed by atoms with Crippen molar-refractivity contribution in [2.24, 2.45) is 0 Å². The van der Waals surface area contributed by atoms with Crippen molar-refractivity contribution in [3.05, 3.63) is 0 Å². The van der Waals surface area contributed by atoms with Gasteiger partial charge in [0.25, 0.3) is 0 Å². The van der Waals surface area contributed by atoms with Gasteiger partial charge in [-0.15, -0.1) is 11.8 Å². The summed E-state index contributed by atoms with van der Waals surface area (Å²) in [5, 5.41) is 3.09. The van der Waals surface area contributed by atoms with E-state index in [9.17, 15) is 4.79 Å². The molecule has 1 rings (SSSR count). The molecule has 1 atom stereocenters. The average Bonchev–Trinajstić information content (AvgIpc) is 2.07. The molecule has 0 aromatic rings. The Bertz CT molecular complexity index is 134. The first-order chi connectivity index (χ1) is 5.34. The topological polar surface area (TPSA) is 38.3 Å². The second kappa shape index (κ2) is 4.62. The van der Waals surface area contributed by atoms with Crippen molar-refractivity contribution in [1.29, 1.82) is 0 Å². The van der Waals surface area contributed by atoms with Crippen molar-refractivity contribution in [1.82, 2.24) is 5.32 Å². The van der Waals surface area contributed by atoms with Gasteiger partial charge in [-0.2, -0.15) is 0 Å². The molecular formula is C7H13NO2S. The number of carbonyl (C=O) groups excluding carboxylic acids is 1. The molecule has 0 spiro atoms. The van der Waals surface area contributed by atoms with Crippen molar-refractivity contribution in [3.63, 3.8) is 0 Å². The summed E-state index contributed by atoms with van der Waals surface area (Å²) in [6.45, 7) is 2.31. The minimum absolute atomic E-state index is 0.0591. The lowest BCUT2D eigenvalue weighted by Gasteiger charge is -2.20. The molecule has 1 heterocycles. The Kier molecular flexibility index (Phi) is 3.72. The van der Waals surface area contributed by atoms with Crippen LogP contribution in [-0.4, -0.2) is 30.2 Å². The Balaban J connectivity index is 2.27. The monoisotopic (exact) mass is 175 g/mol. The fraction of sp³-hybridized carbons (Fsp3) is 0.857. The summed E-state index contributed by atoms with van der Waals surface area (Å²) in [5.41, 5.74) is 0. The Hall–Kier alpha value is -0.220. The molecule has 0 aromatic carbocycles. The second-order valence-corrected chi connectivity index (χ2v) is 3.46. The number of hydrogen-bond donors (Lipinski definition) is 1. The molecule has 1 saturated heterocycles. The molecular weight excluding hydrogens is 162 g/mol. The SMILES string of the molecule is CCOC(=O)C1CCSCN1. The molecule has 1 unspecified atom stereocenters. The summed E-state index contributed by atoms with van der Waals surface area (Å²) in [5.74, 6) is 1.81. The highest BCUT2D eigenvalue weighted by molar-refractivity contribution is 7.99. The summed E-state index contributed by atoms with van der Waals surface area (Å²) in [6, 6.07) is -0.0591. The lowest BCUT2D eigenvalue weighted by Crippen LogP contribution is -2.41. The number of thioether (sulfide) groups is 1. The maximum absolute atomic E-state index is 11.1. The van der Waals surface area contributed by atoms with Crippen LogP contribution in [0.15, 0.2) is 0 Å². The van der Waals surface area contributed by atoms with Crippen LogP contribution in [0.4, 0.5) is 0 Å². The molecule has 1 aliphatic rings. The molecule has 0 saturated carbocycles. The zero-order valence-electron chi connectivity index (χ0n) is 6.63. The molecule has 1 fully saturated rings. The minimum Gasteiger partial charge on any atom is -0.465 e. The average molecular weight is 175 g/mol. The van der Waals surface area contributed by atoms with Crippen molar-refractivity contribution < 1.29 is 9.53 Å². The number of nitrogens with one attached hydrogen (secondary N) is 1. The van der Waals surface area contributed by atoms with E-state index in [0.29, 0.717) is 6.61 Å². The lowest BCUT2D eigenvalue weighted by molar-refractivity contribution is -0.145. The van der Waals surface area contributed by atoms with Crippen LogP contribution in [0.25, 0.3) is 0 Å². The molecule has 0 amide bonds. The minimum atomic E-state index is -0.104. The van der Waals surface area contributed by atoms with Gasteiger partial charge in [-0.3, -0.25) is 10.1 Å². The zero-order valence-corrected chi connectivity index (χ0v) is 7.45. The molecule has 0 bridgehead atoms. The van der Waals surface area contributed by atoms with Crippen LogP contribution < -0.4 is 5.32 Å². The Labute approximate surface area is 70.9 Å². The van der Waals surface area contributed by atoms with E-state index in [2.05, 4.69) is 5.32 Å². The number of rotatable bonds is 2. The fourth-order valence-electron chi connectivity index (χ4n) is 0.979. The number of ether oxygens (including phenoxy) is 1. The van der Waals surface area contributed by atoms with Gasteiger partial charge in [-0.1, -0.05) is 0 Å². The van der Waals surface area contributed by atoms with Crippen LogP contribution in [0.1, 0.15) is 13.3 Å². The van der Waals surface area contributed by atoms with E-state index < -0.39 is 0 Å². The predicted octanol–water partition coefficient (Wildman–Crippen LogP) is 0.602. The quantitative estimate of drug-likeness (QED) is 0.624. The summed E-state index contributed by atoms with van der Waals surface area (Å²) >= 11 is 1.82. The van der Waals surface area contributed by atoms with Crippen molar-refractivity contribution in [3.8, 4) is 0 Å². The van der Waals surface area contributed by atoms with E-state index in [1.807, 2.05) is 18.7 Å². The van der Waals surface area contributed by atoms with Crippen LogP contribution >= 0.6 is 11.8 Å². The molecule has 11 heavy (non-hydrogen) atoms. The van der Waals surface area contributed by atoms with Crippen LogP contribution in [0.2, 0.25) is 0 Å². The molecule has 4 heteroatoms. The van der Waals surface area contributed by atoms with Crippen LogP contribution in [-0.2, 0) is 9.53 Å². The summed E-state index contributed by atoms with van der Waals surface area (Å²) in [4.78, 5) is 11.1. The first-order valence-corrected chi connectivity index (χ1v) is 4.98. The standard InChI is InChI=1S/C7H13NO2S/c1-2-10-7(9)6-3-4-11-5-8-6/h6,8H,2-5H2,1H3. The maximum atomic E-state index is 11.1.